The topological polar surface area (TPSA) is 121 Å². The number of pyridine rings is 1. The van der Waals surface area contributed by atoms with Crippen molar-refractivity contribution >= 4 is 62.9 Å². The van der Waals surface area contributed by atoms with Gasteiger partial charge in [0.2, 0.25) is 5.91 Å². The highest BCUT2D eigenvalue weighted by Gasteiger charge is 2.52. The van der Waals surface area contributed by atoms with Crippen molar-refractivity contribution in [3.8, 4) is 17.2 Å². The van der Waals surface area contributed by atoms with Crippen LogP contribution < -0.4 is 5.32 Å². The van der Waals surface area contributed by atoms with Crippen LogP contribution in [0, 0.1) is 35.9 Å². The molecule has 0 spiro atoms. The summed E-state index contributed by atoms with van der Waals surface area (Å²) in [5.41, 5.74) is 3.86. The number of cyclic esters (lactones) is 1. The number of ether oxygens (including phenoxy) is 1. The van der Waals surface area contributed by atoms with Crippen LogP contribution in [0.2, 0.25) is 10.0 Å². The standard InChI is InChI=1S/C37H33Cl2FN6O4/c1-17-23-13-28(27-12-21(45-29(47)16-50-37(45)49)15-44(27)36(48)18-7-8-18)46(34-20-11-26(34)42-14-20)35(23)24-10-19(4-3-9-41)30(32(40)33(24)43-17)22-5-2-6-25(38)31(22)39/h2,5-6,10,13,18,20-21,26-27,34,42H,3-4,7-8,11-12,14-16H2,1H3. The van der Waals surface area contributed by atoms with Crippen molar-refractivity contribution in [2.75, 3.05) is 19.7 Å². The highest BCUT2D eigenvalue weighted by atomic mass is 35.5. The van der Waals surface area contributed by atoms with E-state index in [4.69, 9.17) is 32.9 Å². The van der Waals surface area contributed by atoms with Gasteiger partial charge in [-0.1, -0.05) is 35.3 Å². The largest absolute Gasteiger partial charge is 0.439 e. The summed E-state index contributed by atoms with van der Waals surface area (Å²) >= 11 is 13.0. The van der Waals surface area contributed by atoms with E-state index in [0.29, 0.717) is 39.6 Å². The molecule has 10 rings (SSSR count). The summed E-state index contributed by atoms with van der Waals surface area (Å²) in [6.45, 7) is 2.64. The molecule has 2 aliphatic carbocycles. The van der Waals surface area contributed by atoms with Crippen LogP contribution in [0.15, 0.2) is 30.3 Å². The van der Waals surface area contributed by atoms with Crippen LogP contribution in [0.25, 0.3) is 32.9 Å². The average molecular weight is 716 g/mol. The van der Waals surface area contributed by atoms with Gasteiger partial charge in [-0.05, 0) is 68.7 Å². The number of nitriles is 1. The normalized spacial score (nSPS) is 25.9. The predicted molar refractivity (Wildman–Crippen MR) is 184 cm³/mol. The fraction of sp³-hybridized carbons (Fsp3) is 0.432. The lowest BCUT2D eigenvalue weighted by Gasteiger charge is -2.39. The molecule has 4 saturated heterocycles. The van der Waals surface area contributed by atoms with Crippen LogP contribution in [-0.2, 0) is 20.7 Å². The summed E-state index contributed by atoms with van der Waals surface area (Å²) in [6, 6.07) is 10.6. The number of amides is 3. The summed E-state index contributed by atoms with van der Waals surface area (Å²) in [5, 5.41) is 15.2. The molecule has 0 radical (unpaired) electrons. The van der Waals surface area contributed by atoms with E-state index in [9.17, 15) is 19.6 Å². The number of nitrogens with one attached hydrogen (secondary N) is 1. The number of fused-ring (bicyclic) bond motifs is 4. The van der Waals surface area contributed by atoms with Crippen LogP contribution in [0.4, 0.5) is 9.18 Å². The molecule has 2 aromatic heterocycles. The molecule has 10 nitrogen and oxygen atoms in total. The molecule has 6 fully saturated rings. The van der Waals surface area contributed by atoms with Gasteiger partial charge in [0.1, 0.15) is 5.52 Å². The fourth-order valence-electron chi connectivity index (χ4n) is 8.91. The summed E-state index contributed by atoms with van der Waals surface area (Å²) in [6.07, 6.45) is 2.79. The molecule has 1 N–H and O–H groups in total. The average Bonchev–Trinajstić information content (AvgIpc) is 3.48. The number of nitrogens with zero attached hydrogens (tertiary/aromatic N) is 5. The van der Waals surface area contributed by atoms with E-state index in [1.807, 2.05) is 17.9 Å². The number of hydrogen-bond donors (Lipinski definition) is 1. The highest BCUT2D eigenvalue weighted by molar-refractivity contribution is 6.43. The Hall–Kier alpha value is -4.24. The molecule has 13 heteroatoms. The maximum Gasteiger partial charge on any atom is 0.417 e. The number of aryl methyl sites for hydroxylation is 2. The van der Waals surface area contributed by atoms with Crippen LogP contribution >= 0.6 is 23.2 Å². The van der Waals surface area contributed by atoms with E-state index in [1.54, 1.807) is 18.2 Å². The maximum atomic E-state index is 17.1. The number of hydrogen-bond acceptors (Lipinski definition) is 7. The second-order valence-electron chi connectivity index (χ2n) is 14.3. The van der Waals surface area contributed by atoms with Crippen molar-refractivity contribution in [1.29, 1.82) is 5.26 Å². The third-order valence-corrected chi connectivity index (χ3v) is 12.2. The number of carbonyl (C=O) groups excluding carboxylic acids is 3. The second kappa shape index (κ2) is 11.7. The number of halogens is 3. The van der Waals surface area contributed by atoms with Gasteiger partial charge < -0.3 is 19.5 Å². The zero-order valence-corrected chi connectivity index (χ0v) is 28.7. The van der Waals surface area contributed by atoms with Gasteiger partial charge in [-0.25, -0.2) is 19.1 Å². The van der Waals surface area contributed by atoms with E-state index >= 15 is 4.39 Å². The Morgan fingerprint density at radius 3 is 2.68 bits per heavy atom. The van der Waals surface area contributed by atoms with Gasteiger partial charge in [0, 0.05) is 64.8 Å². The molecule has 2 bridgehead atoms. The van der Waals surface area contributed by atoms with Gasteiger partial charge >= 0.3 is 6.09 Å². The van der Waals surface area contributed by atoms with Crippen molar-refractivity contribution in [3.05, 3.63) is 63.1 Å². The second-order valence-corrected chi connectivity index (χ2v) is 15.1. The lowest BCUT2D eigenvalue weighted by molar-refractivity contribution is -0.134. The first-order valence-electron chi connectivity index (χ1n) is 17.2. The molecule has 6 aliphatic rings. The lowest BCUT2D eigenvalue weighted by atomic mass is 9.79. The Morgan fingerprint density at radius 2 is 2.00 bits per heavy atom. The third-order valence-electron chi connectivity index (χ3n) is 11.4. The fourth-order valence-corrected chi connectivity index (χ4v) is 9.30. The lowest BCUT2D eigenvalue weighted by Crippen LogP contribution is -2.42. The van der Waals surface area contributed by atoms with Crippen molar-refractivity contribution in [3.63, 3.8) is 0 Å². The zero-order chi connectivity index (χ0) is 34.6. The molecule has 3 amide bonds. The minimum absolute atomic E-state index is 0.0246. The number of benzene rings is 2. The highest BCUT2D eigenvalue weighted by Crippen LogP contribution is 2.51. The SMILES string of the molecule is Cc1nc2c(F)c(-c3cccc(Cl)c3Cl)c(CCC#N)cc2c2c1cc(C1CC(N3C(=O)COC3=O)CN1C(=O)C1CC1)n2C1C2CNC1C2. The summed E-state index contributed by atoms with van der Waals surface area (Å²) < 4.78 is 24.5. The molecule has 5 unspecified atom stereocenters. The summed E-state index contributed by atoms with van der Waals surface area (Å²) in [5.74, 6) is -0.647. The predicted octanol–water partition coefficient (Wildman–Crippen LogP) is 6.63. The Bertz CT molecular complexity index is 2180. The molecular formula is C37H33Cl2FN6O4. The number of rotatable bonds is 7. The number of carbonyl (C=O) groups is 3. The van der Waals surface area contributed by atoms with Crippen LogP contribution in [0.1, 0.15) is 61.1 Å². The Balaban J connectivity index is 1.29. The van der Waals surface area contributed by atoms with Crippen molar-refractivity contribution < 1.29 is 23.5 Å². The molecule has 6 heterocycles. The minimum Gasteiger partial charge on any atom is -0.439 e. The Kier molecular flexibility index (Phi) is 7.39. The molecule has 4 aliphatic heterocycles. The monoisotopic (exact) mass is 714 g/mol. The summed E-state index contributed by atoms with van der Waals surface area (Å²) in [7, 11) is 0. The Labute approximate surface area is 297 Å². The molecule has 2 aromatic carbocycles. The molecule has 4 aromatic rings. The van der Waals surface area contributed by atoms with E-state index in [1.165, 1.54) is 4.90 Å². The van der Waals surface area contributed by atoms with Crippen molar-refractivity contribution in [2.24, 2.45) is 11.8 Å². The van der Waals surface area contributed by atoms with Crippen LogP contribution in [0.5, 0.6) is 0 Å². The van der Waals surface area contributed by atoms with Crippen molar-refractivity contribution in [1.82, 2.24) is 24.7 Å². The van der Waals surface area contributed by atoms with E-state index in [0.717, 1.165) is 42.4 Å². The van der Waals surface area contributed by atoms with E-state index < -0.39 is 29.9 Å². The van der Waals surface area contributed by atoms with Gasteiger partial charge in [-0.3, -0.25) is 9.59 Å². The van der Waals surface area contributed by atoms with Gasteiger partial charge in [0.05, 0.1) is 39.8 Å². The van der Waals surface area contributed by atoms with Gasteiger partial charge in [-0.2, -0.15) is 5.26 Å². The zero-order valence-electron chi connectivity index (χ0n) is 27.2. The third kappa shape index (κ3) is 4.68. The smallest absolute Gasteiger partial charge is 0.417 e. The first kappa shape index (κ1) is 31.7. The molecular weight excluding hydrogens is 682 g/mol. The maximum absolute atomic E-state index is 17.1. The van der Waals surface area contributed by atoms with Gasteiger partial charge in [0.15, 0.2) is 12.4 Å². The molecule has 5 atom stereocenters. The van der Waals surface area contributed by atoms with E-state index in [-0.39, 0.29) is 66.0 Å². The summed E-state index contributed by atoms with van der Waals surface area (Å²) in [4.78, 5) is 47.3. The Morgan fingerprint density at radius 1 is 1.18 bits per heavy atom. The molecule has 2 saturated carbocycles. The number of likely N-dealkylation sites (tertiary alicyclic amines) is 1. The molecule has 256 valence electrons. The van der Waals surface area contributed by atoms with Crippen LogP contribution in [-0.4, -0.2) is 69.0 Å². The van der Waals surface area contributed by atoms with Crippen LogP contribution in [0.3, 0.4) is 0 Å². The van der Waals surface area contributed by atoms with Gasteiger partial charge in [0.25, 0.3) is 5.91 Å². The molecule has 50 heavy (non-hydrogen) atoms. The number of imide groups is 1. The first-order chi connectivity index (χ1) is 24.2. The first-order valence-corrected chi connectivity index (χ1v) is 17.9. The van der Waals surface area contributed by atoms with Crippen molar-refractivity contribution in [2.45, 2.75) is 69.6 Å². The van der Waals surface area contributed by atoms with E-state index in [2.05, 4.69) is 22.0 Å². The number of aromatic nitrogens is 2. The quantitative estimate of drug-likeness (QED) is 0.228. The van der Waals surface area contributed by atoms with Gasteiger partial charge in [-0.15, -0.1) is 0 Å². The minimum atomic E-state index is -0.678.